The van der Waals surface area contributed by atoms with Crippen LogP contribution in [0.1, 0.15) is 18.2 Å². The van der Waals surface area contributed by atoms with E-state index in [1.165, 1.54) is 0 Å². The lowest BCUT2D eigenvalue weighted by Crippen LogP contribution is -2.12. The number of rotatable bonds is 3. The summed E-state index contributed by atoms with van der Waals surface area (Å²) < 4.78 is 1.93. The Kier molecular flexibility index (Phi) is 2.64. The number of carboxylic acid groups (broad SMARTS) is 1. The highest BCUT2D eigenvalue weighted by Crippen LogP contribution is 2.11. The van der Waals surface area contributed by atoms with Crippen LogP contribution >= 0.6 is 0 Å². The van der Waals surface area contributed by atoms with E-state index < -0.39 is 5.97 Å². The van der Waals surface area contributed by atoms with Gasteiger partial charge < -0.3 is 9.51 Å². The van der Waals surface area contributed by atoms with Crippen molar-refractivity contribution in [2.45, 2.75) is 20.3 Å². The second kappa shape index (κ2) is 3.96. The Morgan fingerprint density at radius 3 is 2.94 bits per heavy atom. The number of aromatic nitrogens is 2. The number of aliphatic carboxylic acids is 1. The second-order valence-electron chi connectivity index (χ2n) is 4.13. The van der Waals surface area contributed by atoms with Gasteiger partial charge >= 0.3 is 5.97 Å². The molecule has 4 nitrogen and oxygen atoms in total. The first-order valence-corrected chi connectivity index (χ1v) is 5.23. The van der Waals surface area contributed by atoms with Gasteiger partial charge in [-0.25, -0.2) is 4.98 Å². The van der Waals surface area contributed by atoms with E-state index in [-0.39, 0.29) is 5.92 Å². The second-order valence-corrected chi connectivity index (χ2v) is 4.13. The van der Waals surface area contributed by atoms with Crippen LogP contribution < -0.4 is 0 Å². The summed E-state index contributed by atoms with van der Waals surface area (Å²) in [6, 6.07) is 3.85. The molecule has 84 valence electrons. The van der Waals surface area contributed by atoms with Crippen molar-refractivity contribution >= 4 is 11.6 Å². The Hall–Kier alpha value is -1.84. The van der Waals surface area contributed by atoms with Crippen LogP contribution in [0.2, 0.25) is 0 Å². The van der Waals surface area contributed by atoms with E-state index in [0.717, 1.165) is 16.9 Å². The predicted octanol–water partition coefficient (Wildman–Crippen LogP) is 1.91. The van der Waals surface area contributed by atoms with E-state index >= 15 is 0 Å². The minimum Gasteiger partial charge on any atom is -0.481 e. The number of aryl methyl sites for hydroxylation is 1. The zero-order valence-corrected chi connectivity index (χ0v) is 9.34. The summed E-state index contributed by atoms with van der Waals surface area (Å²) in [5.74, 6) is -1.12. The lowest BCUT2D eigenvalue weighted by Gasteiger charge is -2.06. The molecule has 4 heteroatoms. The van der Waals surface area contributed by atoms with Crippen LogP contribution in [0, 0.1) is 12.8 Å². The van der Waals surface area contributed by atoms with Crippen molar-refractivity contribution in [3.05, 3.63) is 35.8 Å². The van der Waals surface area contributed by atoms with Gasteiger partial charge in [-0.1, -0.05) is 13.0 Å². The van der Waals surface area contributed by atoms with Gasteiger partial charge in [0.25, 0.3) is 0 Å². The Bertz CT molecular complexity index is 531. The summed E-state index contributed by atoms with van der Waals surface area (Å²) >= 11 is 0. The third kappa shape index (κ3) is 2.05. The van der Waals surface area contributed by atoms with Gasteiger partial charge in [0, 0.05) is 12.4 Å². The number of imidazole rings is 1. The van der Waals surface area contributed by atoms with Crippen molar-refractivity contribution in [3.63, 3.8) is 0 Å². The molecule has 1 unspecified atom stereocenters. The lowest BCUT2D eigenvalue weighted by molar-refractivity contribution is -0.141. The van der Waals surface area contributed by atoms with Crippen molar-refractivity contribution in [3.8, 4) is 0 Å². The van der Waals surface area contributed by atoms with Crippen molar-refractivity contribution in [1.29, 1.82) is 0 Å². The van der Waals surface area contributed by atoms with E-state index in [1.807, 2.05) is 35.9 Å². The molecule has 0 aliphatic carbocycles. The average Bonchev–Trinajstić information content (AvgIpc) is 2.57. The number of nitrogens with zero attached hydrogens (tertiary/aromatic N) is 2. The molecule has 2 heterocycles. The third-order valence-corrected chi connectivity index (χ3v) is 2.60. The number of hydrogen-bond acceptors (Lipinski definition) is 2. The minimum absolute atomic E-state index is 0.359. The van der Waals surface area contributed by atoms with Gasteiger partial charge in [0.15, 0.2) is 0 Å². The highest BCUT2D eigenvalue weighted by molar-refractivity contribution is 5.69. The molecule has 0 amide bonds. The standard InChI is InChI=1S/C12H14N2O2/c1-8(12(15)16)5-10-3-4-11-13-9(2)6-14(11)7-10/h3-4,6-8H,5H2,1-2H3,(H,15,16). The van der Waals surface area contributed by atoms with E-state index in [2.05, 4.69) is 4.98 Å². The molecule has 0 radical (unpaired) electrons. The molecule has 2 aromatic heterocycles. The lowest BCUT2D eigenvalue weighted by atomic mass is 10.0. The smallest absolute Gasteiger partial charge is 0.306 e. The summed E-state index contributed by atoms with van der Waals surface area (Å²) in [4.78, 5) is 15.1. The molecule has 16 heavy (non-hydrogen) atoms. The van der Waals surface area contributed by atoms with Crippen molar-refractivity contribution in [1.82, 2.24) is 9.38 Å². The monoisotopic (exact) mass is 218 g/mol. The highest BCUT2D eigenvalue weighted by atomic mass is 16.4. The maximum atomic E-state index is 10.8. The summed E-state index contributed by atoms with van der Waals surface area (Å²) in [5.41, 5.74) is 2.87. The highest BCUT2D eigenvalue weighted by Gasteiger charge is 2.11. The molecular weight excluding hydrogens is 204 g/mol. The molecule has 1 N–H and O–H groups in total. The maximum absolute atomic E-state index is 10.8. The van der Waals surface area contributed by atoms with Crippen LogP contribution in [-0.2, 0) is 11.2 Å². The van der Waals surface area contributed by atoms with Crippen LogP contribution in [0.15, 0.2) is 24.5 Å². The molecule has 0 saturated carbocycles. The Morgan fingerprint density at radius 1 is 1.50 bits per heavy atom. The fraction of sp³-hybridized carbons (Fsp3) is 0.333. The first-order valence-electron chi connectivity index (χ1n) is 5.23. The molecule has 0 bridgehead atoms. The van der Waals surface area contributed by atoms with E-state index in [9.17, 15) is 4.79 Å². The molecule has 1 atom stereocenters. The van der Waals surface area contributed by atoms with E-state index in [1.54, 1.807) is 6.92 Å². The predicted molar refractivity (Wildman–Crippen MR) is 60.4 cm³/mol. The van der Waals surface area contributed by atoms with E-state index in [0.29, 0.717) is 6.42 Å². The summed E-state index contributed by atoms with van der Waals surface area (Å²) in [7, 11) is 0. The normalized spacial score (nSPS) is 12.9. The molecule has 0 fully saturated rings. The van der Waals surface area contributed by atoms with Gasteiger partial charge in [-0.3, -0.25) is 4.79 Å². The minimum atomic E-state index is -0.762. The number of pyridine rings is 1. The van der Waals surface area contributed by atoms with Gasteiger partial charge in [0.1, 0.15) is 5.65 Å². The number of carboxylic acids is 1. The number of carbonyl (C=O) groups is 1. The molecule has 2 rings (SSSR count). The topological polar surface area (TPSA) is 54.6 Å². The van der Waals surface area contributed by atoms with Gasteiger partial charge in [-0.05, 0) is 25.0 Å². The van der Waals surface area contributed by atoms with Crippen LogP contribution in [0.25, 0.3) is 5.65 Å². The van der Waals surface area contributed by atoms with Gasteiger partial charge in [-0.15, -0.1) is 0 Å². The summed E-state index contributed by atoms with van der Waals surface area (Å²) in [5, 5.41) is 8.84. The van der Waals surface area contributed by atoms with E-state index in [4.69, 9.17) is 5.11 Å². The molecule has 0 aromatic carbocycles. The third-order valence-electron chi connectivity index (χ3n) is 2.60. The van der Waals surface area contributed by atoms with Gasteiger partial charge in [0.05, 0.1) is 11.6 Å². The Balaban J connectivity index is 2.28. The van der Waals surface area contributed by atoms with Crippen LogP contribution in [0.5, 0.6) is 0 Å². The first-order chi connectivity index (χ1) is 7.56. The van der Waals surface area contributed by atoms with Crippen LogP contribution in [-0.4, -0.2) is 20.5 Å². The van der Waals surface area contributed by atoms with Crippen molar-refractivity contribution in [2.24, 2.45) is 5.92 Å². The first kappa shape index (κ1) is 10.7. The fourth-order valence-electron chi connectivity index (χ4n) is 1.73. The molecule has 0 saturated heterocycles. The maximum Gasteiger partial charge on any atom is 0.306 e. The number of fused-ring (bicyclic) bond motifs is 1. The largest absolute Gasteiger partial charge is 0.481 e. The average molecular weight is 218 g/mol. The molecule has 0 aliphatic heterocycles. The van der Waals surface area contributed by atoms with Crippen LogP contribution in [0.3, 0.4) is 0 Å². The number of hydrogen-bond donors (Lipinski definition) is 1. The molecule has 0 spiro atoms. The van der Waals surface area contributed by atoms with Gasteiger partial charge in [-0.2, -0.15) is 0 Å². The molecule has 0 aliphatic rings. The molecule has 2 aromatic rings. The molecular formula is C12H14N2O2. The summed E-state index contributed by atoms with van der Waals surface area (Å²) in [6.45, 7) is 3.65. The quantitative estimate of drug-likeness (QED) is 0.856. The van der Waals surface area contributed by atoms with Crippen molar-refractivity contribution < 1.29 is 9.90 Å². The Morgan fingerprint density at radius 2 is 2.25 bits per heavy atom. The zero-order chi connectivity index (χ0) is 11.7. The Labute approximate surface area is 93.5 Å². The zero-order valence-electron chi connectivity index (χ0n) is 9.34. The summed E-state index contributed by atoms with van der Waals surface area (Å²) in [6.07, 6.45) is 4.42. The fourth-order valence-corrected chi connectivity index (χ4v) is 1.73. The van der Waals surface area contributed by atoms with Crippen molar-refractivity contribution in [2.75, 3.05) is 0 Å². The van der Waals surface area contributed by atoms with Gasteiger partial charge in [0.2, 0.25) is 0 Å². The van der Waals surface area contributed by atoms with Crippen LogP contribution in [0.4, 0.5) is 0 Å². The SMILES string of the molecule is Cc1cn2cc(CC(C)C(=O)O)ccc2n1.